The van der Waals surface area contributed by atoms with Crippen molar-refractivity contribution in [1.82, 2.24) is 0 Å². The Labute approximate surface area is 92.7 Å². The molecule has 0 unspecified atom stereocenters. The molecule has 0 fully saturated rings. The van der Waals surface area contributed by atoms with E-state index in [0.717, 1.165) is 5.56 Å². The summed E-state index contributed by atoms with van der Waals surface area (Å²) < 4.78 is 22.1. The van der Waals surface area contributed by atoms with Crippen molar-refractivity contribution in [3.63, 3.8) is 0 Å². The zero-order chi connectivity index (χ0) is 10.4. The number of allylic oxidation sites excluding steroid dienone is 1. The van der Waals surface area contributed by atoms with Gasteiger partial charge in [0.2, 0.25) is 0 Å². The average Bonchev–Trinajstić information content (AvgIpc) is 2.19. The Hall–Kier alpha value is -0.610. The van der Waals surface area contributed by atoms with E-state index in [1.165, 1.54) is 5.41 Å². The van der Waals surface area contributed by atoms with Crippen LogP contribution >= 0.6 is 15.9 Å². The lowest BCUT2D eigenvalue weighted by molar-refractivity contribution is 0.609. The summed E-state index contributed by atoms with van der Waals surface area (Å²) in [6.45, 7) is 0. The Morgan fingerprint density at radius 2 is 1.86 bits per heavy atom. The fourth-order valence-electron chi connectivity index (χ4n) is 0.981. The van der Waals surface area contributed by atoms with Gasteiger partial charge in [0.1, 0.15) is 4.66 Å². The van der Waals surface area contributed by atoms with Crippen LogP contribution in [0.2, 0.25) is 0 Å². The van der Waals surface area contributed by atoms with Gasteiger partial charge in [-0.25, -0.2) is 8.42 Å². The van der Waals surface area contributed by atoms with Gasteiger partial charge in [-0.2, -0.15) is 0 Å². The van der Waals surface area contributed by atoms with Gasteiger partial charge in [-0.15, -0.1) is 0 Å². The number of hydrogen-bond donors (Lipinski definition) is 0. The molecule has 0 radical (unpaired) electrons. The smallest absolute Gasteiger partial charge is 0.181 e. The van der Waals surface area contributed by atoms with Gasteiger partial charge in [0.25, 0.3) is 0 Å². The van der Waals surface area contributed by atoms with Crippen molar-refractivity contribution < 1.29 is 8.42 Å². The molecule has 0 bridgehead atoms. The summed E-state index contributed by atoms with van der Waals surface area (Å²) in [5.74, 6) is 0. The highest BCUT2D eigenvalue weighted by Gasteiger charge is 2.00. The van der Waals surface area contributed by atoms with E-state index in [4.69, 9.17) is 0 Å². The minimum atomic E-state index is -3.05. The van der Waals surface area contributed by atoms with Gasteiger partial charge in [0.05, 0.1) is 0 Å². The first-order chi connectivity index (χ1) is 6.64. The first kappa shape index (κ1) is 11.5. The van der Waals surface area contributed by atoms with Gasteiger partial charge < -0.3 is 0 Å². The summed E-state index contributed by atoms with van der Waals surface area (Å²) in [4.78, 5) is 0. The first-order valence-electron chi connectivity index (χ1n) is 4.13. The third-order valence-corrected chi connectivity index (χ3v) is 4.48. The molecule has 14 heavy (non-hydrogen) atoms. The van der Waals surface area contributed by atoms with Crippen LogP contribution in [0.3, 0.4) is 0 Å². The monoisotopic (exact) mass is 274 g/mol. The maximum Gasteiger partial charge on any atom is 0.181 e. The number of hydrogen-bond acceptors (Lipinski definition) is 2. The molecule has 0 aliphatic carbocycles. The fourth-order valence-corrected chi connectivity index (χ4v) is 1.90. The first-order valence-corrected chi connectivity index (χ1v) is 6.97. The Bertz CT molecular complexity index is 395. The number of benzene rings is 1. The van der Waals surface area contributed by atoms with E-state index < -0.39 is 9.84 Å². The molecule has 0 heterocycles. The van der Waals surface area contributed by atoms with E-state index in [1.807, 2.05) is 30.3 Å². The summed E-state index contributed by atoms with van der Waals surface area (Å²) in [5, 5.41) is 1.24. The molecule has 0 aliphatic heterocycles. The lowest BCUT2D eigenvalue weighted by Crippen LogP contribution is -1.94. The molecule has 76 valence electrons. The highest BCUT2D eigenvalue weighted by Crippen LogP contribution is 2.03. The molecule has 0 spiro atoms. The maximum absolute atomic E-state index is 11.1. The van der Waals surface area contributed by atoms with Crippen molar-refractivity contribution in [1.29, 1.82) is 0 Å². The Morgan fingerprint density at radius 3 is 2.43 bits per heavy atom. The Kier molecular flexibility index (Phi) is 4.35. The van der Waals surface area contributed by atoms with Crippen molar-refractivity contribution in [2.75, 3.05) is 4.66 Å². The normalized spacial score (nSPS) is 12.1. The molecule has 1 rings (SSSR count). The predicted molar refractivity (Wildman–Crippen MR) is 62.0 cm³/mol. The molecule has 2 nitrogen and oxygen atoms in total. The molecule has 0 aromatic heterocycles. The molecule has 0 N–H and O–H groups in total. The molecule has 1 aromatic carbocycles. The molecule has 0 saturated heterocycles. The van der Waals surface area contributed by atoms with E-state index in [2.05, 4.69) is 15.9 Å². The third-order valence-electron chi connectivity index (χ3n) is 1.65. The van der Waals surface area contributed by atoms with Crippen molar-refractivity contribution in [3.05, 3.63) is 47.4 Å². The molecule has 0 atom stereocenters. The fraction of sp³-hybridized carbons (Fsp3) is 0.200. The topological polar surface area (TPSA) is 34.1 Å². The van der Waals surface area contributed by atoms with Crippen LogP contribution in [0.25, 0.3) is 0 Å². The third kappa shape index (κ3) is 4.07. The van der Waals surface area contributed by atoms with E-state index >= 15 is 0 Å². The van der Waals surface area contributed by atoms with Gasteiger partial charge in [-0.3, -0.25) is 0 Å². The highest BCUT2D eigenvalue weighted by molar-refractivity contribution is 9.10. The van der Waals surface area contributed by atoms with Crippen molar-refractivity contribution >= 4 is 25.8 Å². The summed E-state index contributed by atoms with van der Waals surface area (Å²) in [6, 6.07) is 9.73. The van der Waals surface area contributed by atoms with Gasteiger partial charge in [0.15, 0.2) is 9.84 Å². The van der Waals surface area contributed by atoms with Crippen LogP contribution < -0.4 is 0 Å². The number of rotatable bonds is 4. The Morgan fingerprint density at radius 1 is 1.21 bits per heavy atom. The zero-order valence-electron chi connectivity index (χ0n) is 7.56. The van der Waals surface area contributed by atoms with E-state index in [9.17, 15) is 8.42 Å². The van der Waals surface area contributed by atoms with Gasteiger partial charge >= 0.3 is 0 Å². The quantitative estimate of drug-likeness (QED) is 0.791. The predicted octanol–water partition coefficient (Wildman–Crippen LogP) is 2.51. The van der Waals surface area contributed by atoms with Crippen LogP contribution in [0.5, 0.6) is 0 Å². The van der Waals surface area contributed by atoms with Crippen LogP contribution in [0.4, 0.5) is 0 Å². The minimum Gasteiger partial charge on any atom is -0.223 e. The highest BCUT2D eigenvalue weighted by atomic mass is 79.9. The van der Waals surface area contributed by atoms with Crippen LogP contribution in [0, 0.1) is 0 Å². The molecular formula is C10H11BrO2S. The van der Waals surface area contributed by atoms with Crippen LogP contribution in [-0.4, -0.2) is 13.1 Å². The molecular weight excluding hydrogens is 264 g/mol. The molecule has 0 aliphatic rings. The van der Waals surface area contributed by atoms with Crippen molar-refractivity contribution in [3.8, 4) is 0 Å². The second-order valence-corrected chi connectivity index (χ2v) is 6.02. The SMILES string of the molecule is O=S(=O)(C=CCc1ccccc1)CBr. The summed E-state index contributed by atoms with van der Waals surface area (Å²) in [5.41, 5.74) is 1.11. The maximum atomic E-state index is 11.1. The van der Waals surface area contributed by atoms with Crippen molar-refractivity contribution in [2.45, 2.75) is 6.42 Å². The molecule has 0 saturated carbocycles. The van der Waals surface area contributed by atoms with Crippen LogP contribution in [0.1, 0.15) is 5.56 Å². The standard InChI is InChI=1S/C10H11BrO2S/c11-9-14(12,13)8-4-7-10-5-2-1-3-6-10/h1-6,8H,7,9H2. The second-order valence-electron chi connectivity index (χ2n) is 2.83. The number of halogens is 1. The number of sulfone groups is 1. The summed E-state index contributed by atoms with van der Waals surface area (Å²) in [6.07, 6.45) is 2.30. The van der Waals surface area contributed by atoms with Gasteiger partial charge in [0, 0.05) is 5.41 Å². The van der Waals surface area contributed by atoms with Crippen LogP contribution in [-0.2, 0) is 16.3 Å². The molecule has 1 aromatic rings. The second kappa shape index (κ2) is 5.32. The molecule has 0 amide bonds. The van der Waals surface area contributed by atoms with Crippen LogP contribution in [0.15, 0.2) is 41.8 Å². The van der Waals surface area contributed by atoms with Gasteiger partial charge in [-0.1, -0.05) is 52.3 Å². The zero-order valence-corrected chi connectivity index (χ0v) is 9.96. The van der Waals surface area contributed by atoms with E-state index in [1.54, 1.807) is 6.08 Å². The largest absolute Gasteiger partial charge is 0.223 e. The van der Waals surface area contributed by atoms with E-state index in [-0.39, 0.29) is 4.66 Å². The van der Waals surface area contributed by atoms with Crippen molar-refractivity contribution in [2.24, 2.45) is 0 Å². The van der Waals surface area contributed by atoms with E-state index in [0.29, 0.717) is 6.42 Å². The summed E-state index contributed by atoms with van der Waals surface area (Å²) >= 11 is 2.92. The Balaban J connectivity index is 2.58. The summed E-state index contributed by atoms with van der Waals surface area (Å²) in [7, 11) is -3.05. The minimum absolute atomic E-state index is 0.0225. The molecule has 4 heteroatoms. The number of alkyl halides is 1. The average molecular weight is 275 g/mol. The lowest BCUT2D eigenvalue weighted by Gasteiger charge is -1.94. The van der Waals surface area contributed by atoms with Gasteiger partial charge in [-0.05, 0) is 12.0 Å². The lowest BCUT2D eigenvalue weighted by atomic mass is 10.2.